The maximum Gasteiger partial charge on any atom is 0.160 e. The molecule has 2 heterocycles. The van der Waals surface area contributed by atoms with Gasteiger partial charge in [0, 0.05) is 27.8 Å². The summed E-state index contributed by atoms with van der Waals surface area (Å²) in [6.07, 6.45) is 0. The fourth-order valence-corrected chi connectivity index (χ4v) is 9.94. The van der Waals surface area contributed by atoms with Crippen molar-refractivity contribution in [3.63, 3.8) is 0 Å². The fraction of sp³-hybridized carbons (Fsp3) is 0.0282. The lowest BCUT2D eigenvalue weighted by Crippen LogP contribution is -1.96. The van der Waals surface area contributed by atoms with Crippen LogP contribution in [0.1, 0.15) is 11.1 Å². The summed E-state index contributed by atoms with van der Waals surface area (Å²) in [5.41, 5.74) is 25.2. The van der Waals surface area contributed by atoms with Crippen LogP contribution in [-0.4, -0.2) is 15.0 Å². The lowest BCUT2D eigenvalue weighted by molar-refractivity contribution is 1.18. The molecule has 0 radical (unpaired) electrons. The van der Waals surface area contributed by atoms with Crippen LogP contribution < -0.4 is 0 Å². The number of pyridine rings is 1. The molecule has 2 aromatic heterocycles. The van der Waals surface area contributed by atoms with Gasteiger partial charge in [0.2, 0.25) is 0 Å². The Morgan fingerprint density at radius 2 is 0.527 bits per heavy atom. The molecule has 0 unspecified atom stereocenters. The van der Waals surface area contributed by atoms with Crippen LogP contribution in [0.5, 0.6) is 0 Å². The predicted molar refractivity (Wildman–Crippen MR) is 309 cm³/mol. The fourth-order valence-electron chi connectivity index (χ4n) is 9.94. The summed E-state index contributed by atoms with van der Waals surface area (Å²) in [4.78, 5) is 15.7. The van der Waals surface area contributed by atoms with Crippen LogP contribution in [0.25, 0.3) is 123 Å². The summed E-state index contributed by atoms with van der Waals surface area (Å²) < 4.78 is 0. The van der Waals surface area contributed by atoms with Crippen molar-refractivity contribution in [2.45, 2.75) is 13.8 Å². The van der Waals surface area contributed by atoms with Gasteiger partial charge < -0.3 is 0 Å². The molecule has 0 saturated heterocycles. The second kappa shape index (κ2) is 20.3. The van der Waals surface area contributed by atoms with Gasteiger partial charge in [0.1, 0.15) is 0 Å². The van der Waals surface area contributed by atoms with E-state index < -0.39 is 0 Å². The van der Waals surface area contributed by atoms with E-state index in [1.54, 1.807) is 0 Å². The van der Waals surface area contributed by atoms with Gasteiger partial charge in [-0.15, -0.1) is 0 Å². The highest BCUT2D eigenvalue weighted by molar-refractivity contribution is 5.84. The molecule has 12 rings (SSSR count). The standard InChI is InChI=1S/C71H51N3/c1-48-36-37-49(2)66(38-48)61-32-14-28-57(41-61)53-24-12-25-54(39-53)59-30-16-34-63(43-59)69-47-70(74-71(73-69)52-22-10-5-11-23-52)64-35-17-31-60(44-64)56-27-13-26-55(40-56)58-29-15-33-62(42-58)68-46-65(50-18-6-3-7-19-50)45-67(72-68)51-20-8-4-9-21-51/h3-47H,1-2H3. The minimum absolute atomic E-state index is 0.682. The Morgan fingerprint density at radius 3 is 0.973 bits per heavy atom. The molecule has 3 nitrogen and oxygen atoms in total. The lowest BCUT2D eigenvalue weighted by Gasteiger charge is -2.13. The number of aromatic nitrogens is 3. The van der Waals surface area contributed by atoms with Crippen LogP contribution in [0.4, 0.5) is 0 Å². The minimum atomic E-state index is 0.682. The summed E-state index contributed by atoms with van der Waals surface area (Å²) in [6, 6.07) is 97.1. The Hall–Kier alpha value is -9.57. The van der Waals surface area contributed by atoms with Gasteiger partial charge in [-0.3, -0.25) is 0 Å². The first-order chi connectivity index (χ1) is 36.4. The van der Waals surface area contributed by atoms with Gasteiger partial charge in [0.05, 0.1) is 22.8 Å². The average Bonchev–Trinajstić information content (AvgIpc) is 3.48. The van der Waals surface area contributed by atoms with Crippen molar-refractivity contribution in [2.75, 3.05) is 0 Å². The first-order valence-corrected chi connectivity index (χ1v) is 25.2. The van der Waals surface area contributed by atoms with Crippen molar-refractivity contribution in [3.8, 4) is 123 Å². The number of nitrogens with zero attached hydrogens (tertiary/aromatic N) is 3. The number of rotatable bonds is 11. The van der Waals surface area contributed by atoms with E-state index in [-0.39, 0.29) is 0 Å². The Bertz CT molecular complexity index is 3910. The molecule has 0 aliphatic carbocycles. The predicted octanol–water partition coefficient (Wildman–Crippen LogP) is 18.8. The molecule has 12 aromatic rings. The molecule has 0 N–H and O–H groups in total. The van der Waals surface area contributed by atoms with Gasteiger partial charge in [-0.1, -0.05) is 224 Å². The third-order valence-corrected chi connectivity index (χ3v) is 13.9. The van der Waals surface area contributed by atoms with Crippen molar-refractivity contribution < 1.29 is 0 Å². The summed E-state index contributed by atoms with van der Waals surface area (Å²) in [5.74, 6) is 0.682. The van der Waals surface area contributed by atoms with Gasteiger partial charge in [0.25, 0.3) is 0 Å². The third kappa shape index (κ3) is 9.75. The van der Waals surface area contributed by atoms with Gasteiger partial charge >= 0.3 is 0 Å². The normalized spacial score (nSPS) is 11.1. The number of hydrogen-bond donors (Lipinski definition) is 0. The zero-order chi connectivity index (χ0) is 49.8. The Kier molecular flexibility index (Phi) is 12.5. The van der Waals surface area contributed by atoms with Gasteiger partial charge in [-0.05, 0) is 141 Å². The van der Waals surface area contributed by atoms with E-state index in [2.05, 4.69) is 263 Å². The second-order valence-electron chi connectivity index (χ2n) is 19.0. The Labute approximate surface area is 433 Å². The molecule has 0 aliphatic heterocycles. The van der Waals surface area contributed by atoms with E-state index in [9.17, 15) is 0 Å². The first-order valence-electron chi connectivity index (χ1n) is 25.2. The SMILES string of the molecule is Cc1ccc(C)c(-c2cccc(-c3cccc(-c4cccc(-c5cc(-c6cccc(-c7cccc(-c8cccc(-c9cc(-c%10ccccc%10)cc(-c%10ccccc%10)n9)c8)c7)c6)nc(-c6ccccc6)n5)c4)c3)c2)c1. The Morgan fingerprint density at radius 1 is 0.203 bits per heavy atom. The largest absolute Gasteiger partial charge is 0.248 e. The quantitative estimate of drug-likeness (QED) is 0.130. The van der Waals surface area contributed by atoms with Crippen molar-refractivity contribution in [1.82, 2.24) is 15.0 Å². The second-order valence-corrected chi connectivity index (χ2v) is 19.0. The third-order valence-electron chi connectivity index (χ3n) is 13.9. The van der Waals surface area contributed by atoms with Gasteiger partial charge in [-0.2, -0.15) is 0 Å². The molecular weight excluding hydrogens is 895 g/mol. The highest BCUT2D eigenvalue weighted by atomic mass is 14.9. The smallest absolute Gasteiger partial charge is 0.160 e. The van der Waals surface area contributed by atoms with Crippen LogP contribution in [0.2, 0.25) is 0 Å². The summed E-state index contributed by atoms with van der Waals surface area (Å²) >= 11 is 0. The summed E-state index contributed by atoms with van der Waals surface area (Å²) in [5, 5.41) is 0. The van der Waals surface area contributed by atoms with Gasteiger partial charge in [-0.25, -0.2) is 15.0 Å². The van der Waals surface area contributed by atoms with Crippen LogP contribution in [0, 0.1) is 13.8 Å². The van der Waals surface area contributed by atoms with Crippen LogP contribution in [-0.2, 0) is 0 Å². The summed E-state index contributed by atoms with van der Waals surface area (Å²) in [6.45, 7) is 4.34. The maximum atomic E-state index is 5.24. The molecule has 0 atom stereocenters. The first kappa shape index (κ1) is 45.6. The van der Waals surface area contributed by atoms with Crippen LogP contribution >= 0.6 is 0 Å². The van der Waals surface area contributed by atoms with E-state index in [1.807, 2.05) is 24.3 Å². The number of hydrogen-bond acceptors (Lipinski definition) is 3. The van der Waals surface area contributed by atoms with E-state index in [0.717, 1.165) is 95.1 Å². The number of aryl methyl sites for hydroxylation is 2. The molecule has 350 valence electrons. The molecule has 0 aliphatic rings. The Balaban J connectivity index is 0.869. The van der Waals surface area contributed by atoms with E-state index >= 15 is 0 Å². The monoisotopic (exact) mass is 945 g/mol. The molecular formula is C71H51N3. The van der Waals surface area contributed by atoms with Crippen LogP contribution in [0.3, 0.4) is 0 Å². The zero-order valence-electron chi connectivity index (χ0n) is 41.3. The topological polar surface area (TPSA) is 38.7 Å². The molecule has 10 aromatic carbocycles. The maximum absolute atomic E-state index is 5.24. The van der Waals surface area contributed by atoms with Crippen molar-refractivity contribution in [2.24, 2.45) is 0 Å². The van der Waals surface area contributed by atoms with Crippen molar-refractivity contribution in [1.29, 1.82) is 0 Å². The van der Waals surface area contributed by atoms with Gasteiger partial charge in [0.15, 0.2) is 5.82 Å². The van der Waals surface area contributed by atoms with Crippen LogP contribution in [0.15, 0.2) is 273 Å². The molecule has 0 fully saturated rings. The van der Waals surface area contributed by atoms with Crippen molar-refractivity contribution in [3.05, 3.63) is 284 Å². The highest BCUT2D eigenvalue weighted by Gasteiger charge is 2.15. The molecule has 0 bridgehead atoms. The van der Waals surface area contributed by atoms with E-state index in [0.29, 0.717) is 5.82 Å². The lowest BCUT2D eigenvalue weighted by atomic mass is 9.93. The number of benzene rings is 10. The zero-order valence-corrected chi connectivity index (χ0v) is 41.3. The minimum Gasteiger partial charge on any atom is -0.248 e. The molecule has 74 heavy (non-hydrogen) atoms. The van der Waals surface area contributed by atoms with Crippen molar-refractivity contribution >= 4 is 0 Å². The molecule has 0 spiro atoms. The molecule has 3 heteroatoms. The summed E-state index contributed by atoms with van der Waals surface area (Å²) in [7, 11) is 0. The van der Waals surface area contributed by atoms with E-state index in [1.165, 1.54) is 33.4 Å². The van der Waals surface area contributed by atoms with E-state index in [4.69, 9.17) is 15.0 Å². The highest BCUT2D eigenvalue weighted by Crippen LogP contribution is 2.37. The molecule has 0 saturated carbocycles. The molecule has 0 amide bonds. The average molecular weight is 946 g/mol.